The van der Waals surface area contributed by atoms with E-state index < -0.39 is 5.60 Å². The van der Waals surface area contributed by atoms with Crippen molar-refractivity contribution >= 4 is 17.7 Å². The van der Waals surface area contributed by atoms with Gasteiger partial charge in [0, 0.05) is 0 Å². The number of alkyl halides is 1. The molecule has 1 atom stereocenters. The van der Waals surface area contributed by atoms with Crippen LogP contribution >= 0.6 is 11.6 Å². The van der Waals surface area contributed by atoms with Gasteiger partial charge in [-0.15, -0.1) is 11.6 Å². The Balaban J connectivity index is 2.54. The van der Waals surface area contributed by atoms with Crippen LogP contribution in [0, 0.1) is 0 Å². The van der Waals surface area contributed by atoms with Crippen molar-refractivity contribution in [3.63, 3.8) is 0 Å². The standard InChI is InChI=1S/C5H8ClNO2/c1-5(2-6)3-7-4(8)9-5/h2-3H2,1H3,(H,7,8)/t5-/m0/s1. The van der Waals surface area contributed by atoms with Crippen LogP contribution in [0.5, 0.6) is 0 Å². The van der Waals surface area contributed by atoms with Crippen molar-refractivity contribution in [1.29, 1.82) is 0 Å². The van der Waals surface area contributed by atoms with E-state index in [4.69, 9.17) is 16.3 Å². The smallest absolute Gasteiger partial charge is 0.407 e. The van der Waals surface area contributed by atoms with E-state index in [0.29, 0.717) is 12.4 Å². The van der Waals surface area contributed by atoms with E-state index in [2.05, 4.69) is 5.32 Å². The van der Waals surface area contributed by atoms with Gasteiger partial charge in [-0.3, -0.25) is 0 Å². The average molecular weight is 150 g/mol. The zero-order valence-corrected chi connectivity index (χ0v) is 5.86. The molecule has 0 aliphatic carbocycles. The summed E-state index contributed by atoms with van der Waals surface area (Å²) in [6.45, 7) is 2.30. The van der Waals surface area contributed by atoms with Crippen LogP contribution in [0.2, 0.25) is 0 Å². The van der Waals surface area contributed by atoms with E-state index in [1.165, 1.54) is 0 Å². The Morgan fingerprint density at radius 2 is 2.67 bits per heavy atom. The lowest BCUT2D eigenvalue weighted by atomic mass is 10.1. The summed E-state index contributed by atoms with van der Waals surface area (Å²) < 4.78 is 4.82. The van der Waals surface area contributed by atoms with Gasteiger partial charge in [0.25, 0.3) is 0 Å². The first-order valence-electron chi connectivity index (χ1n) is 2.69. The van der Waals surface area contributed by atoms with E-state index in [0.717, 1.165) is 0 Å². The number of halogens is 1. The highest BCUT2D eigenvalue weighted by Crippen LogP contribution is 2.15. The molecule has 3 nitrogen and oxygen atoms in total. The fourth-order valence-corrected chi connectivity index (χ4v) is 0.779. The maximum Gasteiger partial charge on any atom is 0.407 e. The molecule has 0 unspecified atom stereocenters. The highest BCUT2D eigenvalue weighted by atomic mass is 35.5. The summed E-state index contributed by atoms with van der Waals surface area (Å²) in [4.78, 5) is 10.4. The molecule has 0 bridgehead atoms. The molecule has 1 fully saturated rings. The minimum absolute atomic E-state index is 0.339. The van der Waals surface area contributed by atoms with Gasteiger partial charge >= 0.3 is 6.09 Å². The second-order valence-corrected chi connectivity index (χ2v) is 2.59. The predicted octanol–water partition coefficient (Wildman–Crippen LogP) is 0.724. The fourth-order valence-electron chi connectivity index (χ4n) is 0.630. The van der Waals surface area contributed by atoms with Gasteiger partial charge in [0.2, 0.25) is 0 Å². The van der Waals surface area contributed by atoms with Crippen molar-refractivity contribution in [2.45, 2.75) is 12.5 Å². The Kier molecular flexibility index (Phi) is 1.53. The van der Waals surface area contributed by atoms with Gasteiger partial charge in [-0.05, 0) is 6.92 Å². The van der Waals surface area contributed by atoms with Crippen molar-refractivity contribution in [1.82, 2.24) is 5.32 Å². The molecule has 1 aliphatic heterocycles. The number of amides is 1. The lowest BCUT2D eigenvalue weighted by Gasteiger charge is -2.15. The first kappa shape index (κ1) is 6.68. The quantitative estimate of drug-likeness (QED) is 0.558. The van der Waals surface area contributed by atoms with E-state index in [9.17, 15) is 4.79 Å². The molecule has 0 aromatic carbocycles. The highest BCUT2D eigenvalue weighted by Gasteiger charge is 2.34. The highest BCUT2D eigenvalue weighted by molar-refractivity contribution is 6.18. The monoisotopic (exact) mass is 149 g/mol. The molecule has 4 heteroatoms. The molecule has 1 rings (SSSR count). The predicted molar refractivity (Wildman–Crippen MR) is 33.6 cm³/mol. The van der Waals surface area contributed by atoms with Crippen molar-refractivity contribution < 1.29 is 9.53 Å². The number of alkyl carbamates (subject to hydrolysis) is 1. The zero-order valence-electron chi connectivity index (χ0n) is 5.11. The molecule has 0 aromatic heterocycles. The third-order valence-corrected chi connectivity index (χ3v) is 1.79. The topological polar surface area (TPSA) is 38.3 Å². The minimum Gasteiger partial charge on any atom is -0.440 e. The van der Waals surface area contributed by atoms with Crippen molar-refractivity contribution in [3.8, 4) is 0 Å². The summed E-state index contributed by atoms with van der Waals surface area (Å²) in [5.74, 6) is 0.339. The SMILES string of the molecule is C[C@]1(CCl)CNC(=O)O1. The van der Waals surface area contributed by atoms with E-state index in [1.807, 2.05) is 0 Å². The summed E-state index contributed by atoms with van der Waals surface area (Å²) in [7, 11) is 0. The average Bonchev–Trinajstić information content (AvgIpc) is 2.13. The summed E-state index contributed by atoms with van der Waals surface area (Å²) in [5.41, 5.74) is -0.487. The van der Waals surface area contributed by atoms with Gasteiger partial charge in [-0.25, -0.2) is 4.79 Å². The van der Waals surface area contributed by atoms with Crippen LogP contribution in [-0.4, -0.2) is 24.1 Å². The summed E-state index contributed by atoms with van der Waals surface area (Å²) in [6, 6.07) is 0. The van der Waals surface area contributed by atoms with Crippen molar-refractivity contribution in [2.75, 3.05) is 12.4 Å². The molecule has 1 aliphatic rings. The second kappa shape index (κ2) is 2.06. The number of carbonyl (C=O) groups is 1. The van der Waals surface area contributed by atoms with Gasteiger partial charge in [-0.1, -0.05) is 0 Å². The Morgan fingerprint density at radius 1 is 2.00 bits per heavy atom. The Bertz CT molecular complexity index is 139. The largest absolute Gasteiger partial charge is 0.440 e. The third-order valence-electron chi connectivity index (χ3n) is 1.23. The number of carbonyl (C=O) groups excluding carboxylic acids is 1. The molecule has 1 N–H and O–H groups in total. The Morgan fingerprint density at radius 3 is 2.89 bits per heavy atom. The molecule has 0 spiro atoms. The summed E-state index contributed by atoms with van der Waals surface area (Å²) >= 11 is 5.50. The zero-order chi connectivity index (χ0) is 6.91. The first-order valence-corrected chi connectivity index (χ1v) is 3.22. The number of rotatable bonds is 1. The lowest BCUT2D eigenvalue weighted by molar-refractivity contribution is 0.0894. The molecular formula is C5H8ClNO2. The maximum absolute atomic E-state index is 10.4. The van der Waals surface area contributed by atoms with Gasteiger partial charge in [0.1, 0.15) is 5.60 Å². The van der Waals surface area contributed by atoms with Gasteiger partial charge in [0.05, 0.1) is 12.4 Å². The number of hydrogen-bond donors (Lipinski definition) is 1. The van der Waals surface area contributed by atoms with Crippen LogP contribution in [0.1, 0.15) is 6.92 Å². The van der Waals surface area contributed by atoms with Gasteiger partial charge in [-0.2, -0.15) is 0 Å². The molecule has 0 aromatic rings. The van der Waals surface area contributed by atoms with Crippen molar-refractivity contribution in [2.24, 2.45) is 0 Å². The van der Waals surface area contributed by atoms with E-state index >= 15 is 0 Å². The molecular weight excluding hydrogens is 142 g/mol. The van der Waals surface area contributed by atoms with Crippen LogP contribution in [0.15, 0.2) is 0 Å². The van der Waals surface area contributed by atoms with E-state index in [-0.39, 0.29) is 6.09 Å². The van der Waals surface area contributed by atoms with Crippen LogP contribution in [-0.2, 0) is 4.74 Å². The summed E-state index contributed by atoms with van der Waals surface area (Å²) in [5, 5.41) is 2.52. The molecule has 9 heavy (non-hydrogen) atoms. The normalized spacial score (nSPS) is 33.8. The van der Waals surface area contributed by atoms with Crippen LogP contribution in [0.25, 0.3) is 0 Å². The number of hydrogen-bond acceptors (Lipinski definition) is 2. The second-order valence-electron chi connectivity index (χ2n) is 2.33. The minimum atomic E-state index is -0.487. The third kappa shape index (κ3) is 1.27. The van der Waals surface area contributed by atoms with Crippen LogP contribution in [0.3, 0.4) is 0 Å². The first-order chi connectivity index (χ1) is 4.16. The van der Waals surface area contributed by atoms with Crippen molar-refractivity contribution in [3.05, 3.63) is 0 Å². The summed E-state index contributed by atoms with van der Waals surface area (Å²) in [6.07, 6.45) is -0.377. The number of cyclic esters (lactones) is 1. The maximum atomic E-state index is 10.4. The Labute approximate surface area is 58.3 Å². The van der Waals surface area contributed by atoms with Crippen LogP contribution in [0.4, 0.5) is 4.79 Å². The van der Waals surface area contributed by atoms with Gasteiger partial charge < -0.3 is 10.1 Å². The number of ether oxygens (including phenoxy) is 1. The van der Waals surface area contributed by atoms with Crippen LogP contribution < -0.4 is 5.32 Å². The van der Waals surface area contributed by atoms with E-state index in [1.54, 1.807) is 6.92 Å². The number of nitrogens with one attached hydrogen (secondary N) is 1. The molecule has 1 heterocycles. The fraction of sp³-hybridized carbons (Fsp3) is 0.800. The molecule has 52 valence electrons. The molecule has 1 saturated heterocycles. The molecule has 1 amide bonds. The Hall–Kier alpha value is -0.440. The molecule has 0 radical (unpaired) electrons. The van der Waals surface area contributed by atoms with Gasteiger partial charge in [0.15, 0.2) is 0 Å². The molecule has 0 saturated carbocycles. The lowest BCUT2D eigenvalue weighted by Crippen LogP contribution is -2.30.